The molecule has 0 spiro atoms. The van der Waals surface area contributed by atoms with E-state index in [1.54, 1.807) is 0 Å². The summed E-state index contributed by atoms with van der Waals surface area (Å²) in [4.78, 5) is 0. The predicted octanol–water partition coefficient (Wildman–Crippen LogP) is 8.80. The van der Waals surface area contributed by atoms with Crippen LogP contribution in [0.25, 0.3) is 0 Å². The van der Waals surface area contributed by atoms with Crippen LogP contribution in [0.4, 0.5) is 0 Å². The first-order valence-corrected chi connectivity index (χ1v) is 11.8. The molecule has 0 bridgehead atoms. The van der Waals surface area contributed by atoms with Gasteiger partial charge in [-0.3, -0.25) is 0 Å². The van der Waals surface area contributed by atoms with Gasteiger partial charge in [-0.1, -0.05) is 90.0 Å². The van der Waals surface area contributed by atoms with Crippen molar-refractivity contribution in [3.05, 3.63) is 0 Å². The lowest BCUT2D eigenvalue weighted by Crippen LogP contribution is -2.33. The maximum atomic E-state index is 2.55. The van der Waals surface area contributed by atoms with Gasteiger partial charge in [0.05, 0.1) is 0 Å². The molecule has 8 unspecified atom stereocenters. The van der Waals surface area contributed by atoms with E-state index >= 15 is 0 Å². The van der Waals surface area contributed by atoms with Crippen LogP contribution in [0.15, 0.2) is 0 Å². The maximum absolute atomic E-state index is 2.55. The quantitative estimate of drug-likeness (QED) is 0.323. The van der Waals surface area contributed by atoms with E-state index in [0.717, 1.165) is 65.1 Å². The fourth-order valence-corrected chi connectivity index (χ4v) is 5.00. The fourth-order valence-electron chi connectivity index (χ4n) is 5.00. The fraction of sp³-hybridized carbons (Fsp3) is 1.00. The molecule has 0 aromatic carbocycles. The van der Waals surface area contributed by atoms with Crippen LogP contribution in [-0.2, 0) is 0 Å². The standard InChI is InChI=1S/C26H54/c1-16(2)20(8)14-19(7)15-26(18(5)6)25(13)24(12)23(11)22(10)21(9)17(3)4/h16-26H,14-15H2,1-13H3. The molecule has 0 radical (unpaired) electrons. The van der Waals surface area contributed by atoms with Crippen molar-refractivity contribution in [2.24, 2.45) is 65.1 Å². The van der Waals surface area contributed by atoms with Crippen molar-refractivity contribution in [1.82, 2.24) is 0 Å². The highest BCUT2D eigenvalue weighted by molar-refractivity contribution is 4.82. The van der Waals surface area contributed by atoms with E-state index in [0.29, 0.717) is 0 Å². The Labute approximate surface area is 168 Å². The van der Waals surface area contributed by atoms with E-state index in [1.165, 1.54) is 12.8 Å². The molecule has 0 fully saturated rings. The van der Waals surface area contributed by atoms with Crippen LogP contribution < -0.4 is 0 Å². The average Bonchev–Trinajstić information content (AvgIpc) is 2.55. The molecule has 0 aliphatic rings. The van der Waals surface area contributed by atoms with Gasteiger partial charge in [-0.25, -0.2) is 0 Å². The molecule has 0 amide bonds. The number of hydrogen-bond acceptors (Lipinski definition) is 0. The van der Waals surface area contributed by atoms with Gasteiger partial charge in [0.2, 0.25) is 0 Å². The summed E-state index contributed by atoms with van der Waals surface area (Å²) in [6.07, 6.45) is 2.79. The van der Waals surface area contributed by atoms with E-state index in [-0.39, 0.29) is 0 Å². The van der Waals surface area contributed by atoms with Crippen molar-refractivity contribution < 1.29 is 0 Å². The van der Waals surface area contributed by atoms with Crippen molar-refractivity contribution in [3.63, 3.8) is 0 Å². The molecular weight excluding hydrogens is 312 g/mol. The van der Waals surface area contributed by atoms with Gasteiger partial charge in [0.25, 0.3) is 0 Å². The van der Waals surface area contributed by atoms with Crippen LogP contribution in [0.1, 0.15) is 103 Å². The molecule has 0 saturated heterocycles. The molecule has 0 saturated carbocycles. The lowest BCUT2D eigenvalue weighted by atomic mass is 9.65. The number of hydrogen-bond donors (Lipinski definition) is 0. The van der Waals surface area contributed by atoms with Gasteiger partial charge in [0.1, 0.15) is 0 Å². The molecule has 158 valence electrons. The highest BCUT2D eigenvalue weighted by atomic mass is 14.4. The third-order valence-corrected chi connectivity index (χ3v) is 8.49. The number of rotatable bonds is 12. The summed E-state index contributed by atoms with van der Waals surface area (Å²) in [5.41, 5.74) is 0. The van der Waals surface area contributed by atoms with E-state index < -0.39 is 0 Å². The molecule has 0 nitrogen and oxygen atoms in total. The zero-order chi connectivity index (χ0) is 20.8. The Bertz CT molecular complexity index is 353. The van der Waals surface area contributed by atoms with E-state index in [4.69, 9.17) is 0 Å². The largest absolute Gasteiger partial charge is 0.0625 e. The monoisotopic (exact) mass is 366 g/mol. The van der Waals surface area contributed by atoms with Crippen molar-refractivity contribution >= 4 is 0 Å². The highest BCUT2D eigenvalue weighted by Gasteiger charge is 2.33. The summed E-state index contributed by atoms with van der Waals surface area (Å²) in [6, 6.07) is 0. The summed E-state index contributed by atoms with van der Waals surface area (Å²) < 4.78 is 0. The Balaban J connectivity index is 5.02. The zero-order valence-electron chi connectivity index (χ0n) is 20.8. The summed E-state index contributed by atoms with van der Waals surface area (Å²) in [7, 11) is 0. The molecule has 0 aromatic rings. The highest BCUT2D eigenvalue weighted by Crippen LogP contribution is 2.41. The van der Waals surface area contributed by atoms with Crippen molar-refractivity contribution in [2.45, 2.75) is 103 Å². The van der Waals surface area contributed by atoms with Crippen LogP contribution >= 0.6 is 0 Å². The van der Waals surface area contributed by atoms with Crippen LogP contribution in [0, 0.1) is 65.1 Å². The summed E-state index contributed by atoms with van der Waals surface area (Å²) in [5.74, 6) is 8.94. The maximum Gasteiger partial charge on any atom is -0.0360 e. The van der Waals surface area contributed by atoms with Gasteiger partial charge < -0.3 is 0 Å². The van der Waals surface area contributed by atoms with Gasteiger partial charge in [-0.15, -0.1) is 0 Å². The Hall–Kier alpha value is 0. The van der Waals surface area contributed by atoms with Gasteiger partial charge in [-0.2, -0.15) is 0 Å². The Morgan fingerprint density at radius 1 is 0.385 bits per heavy atom. The first kappa shape index (κ1) is 26.0. The molecule has 0 aliphatic heterocycles. The van der Waals surface area contributed by atoms with Gasteiger partial charge in [-0.05, 0) is 77.9 Å². The Morgan fingerprint density at radius 2 is 0.808 bits per heavy atom. The topological polar surface area (TPSA) is 0 Å². The van der Waals surface area contributed by atoms with Gasteiger partial charge in [0.15, 0.2) is 0 Å². The summed E-state index contributed by atoms with van der Waals surface area (Å²) >= 11 is 0. The van der Waals surface area contributed by atoms with Crippen LogP contribution in [-0.4, -0.2) is 0 Å². The predicted molar refractivity (Wildman–Crippen MR) is 121 cm³/mol. The second-order valence-corrected chi connectivity index (χ2v) is 11.2. The third kappa shape index (κ3) is 7.93. The molecule has 26 heavy (non-hydrogen) atoms. The minimum absolute atomic E-state index is 0.786. The zero-order valence-corrected chi connectivity index (χ0v) is 20.8. The molecular formula is C26H54. The SMILES string of the molecule is CC(CC(C)C(C)C)CC(C(C)C)C(C)C(C)C(C)C(C)C(C)C(C)C. The van der Waals surface area contributed by atoms with Crippen LogP contribution in [0.2, 0.25) is 0 Å². The first-order chi connectivity index (χ1) is 11.8. The molecule has 0 heteroatoms. The second kappa shape index (κ2) is 11.8. The lowest BCUT2D eigenvalue weighted by Gasteiger charge is -2.40. The lowest BCUT2D eigenvalue weighted by molar-refractivity contribution is 0.0881. The molecule has 0 rings (SSSR count). The molecule has 0 heterocycles. The molecule has 8 atom stereocenters. The minimum atomic E-state index is 0.786. The van der Waals surface area contributed by atoms with E-state index in [9.17, 15) is 0 Å². The van der Waals surface area contributed by atoms with Gasteiger partial charge >= 0.3 is 0 Å². The van der Waals surface area contributed by atoms with Crippen molar-refractivity contribution in [1.29, 1.82) is 0 Å². The second-order valence-electron chi connectivity index (χ2n) is 11.2. The summed E-state index contributed by atoms with van der Waals surface area (Å²) in [6.45, 7) is 31.9. The van der Waals surface area contributed by atoms with E-state index in [1.807, 2.05) is 0 Å². The molecule has 0 N–H and O–H groups in total. The van der Waals surface area contributed by atoms with Gasteiger partial charge in [0, 0.05) is 0 Å². The minimum Gasteiger partial charge on any atom is -0.0625 e. The third-order valence-electron chi connectivity index (χ3n) is 8.49. The Kier molecular flexibility index (Phi) is 11.8. The molecule has 0 aliphatic carbocycles. The van der Waals surface area contributed by atoms with E-state index in [2.05, 4.69) is 90.0 Å². The smallest absolute Gasteiger partial charge is 0.0360 e. The normalized spacial score (nSPS) is 22.2. The van der Waals surface area contributed by atoms with Crippen molar-refractivity contribution in [3.8, 4) is 0 Å². The summed E-state index contributed by atoms with van der Waals surface area (Å²) in [5, 5.41) is 0. The molecule has 0 aromatic heterocycles. The van der Waals surface area contributed by atoms with Crippen LogP contribution in [0.3, 0.4) is 0 Å². The Morgan fingerprint density at radius 3 is 1.19 bits per heavy atom. The average molecular weight is 367 g/mol. The van der Waals surface area contributed by atoms with Crippen LogP contribution in [0.5, 0.6) is 0 Å². The van der Waals surface area contributed by atoms with Crippen molar-refractivity contribution in [2.75, 3.05) is 0 Å². The first-order valence-electron chi connectivity index (χ1n) is 11.8.